The first-order valence-corrected chi connectivity index (χ1v) is 3.86. The second kappa shape index (κ2) is 3.49. The first-order chi connectivity index (χ1) is 6.38. The minimum Gasteiger partial charge on any atom is -0.398 e. The van der Waals surface area contributed by atoms with Crippen LogP contribution in [0.1, 0.15) is 15.9 Å². The number of benzene rings is 1. The summed E-state index contributed by atoms with van der Waals surface area (Å²) in [4.78, 5) is 10.4. The molecule has 1 rings (SSSR count). The highest BCUT2D eigenvalue weighted by molar-refractivity contribution is 6.32. The van der Waals surface area contributed by atoms with E-state index < -0.39 is 22.3 Å². The van der Waals surface area contributed by atoms with Gasteiger partial charge in [0.05, 0.1) is 16.1 Å². The molecule has 0 aliphatic heterocycles. The van der Waals surface area contributed by atoms with E-state index in [2.05, 4.69) is 0 Å². The lowest BCUT2D eigenvalue weighted by Gasteiger charge is -2.12. The highest BCUT2D eigenvalue weighted by atomic mass is 35.5. The van der Waals surface area contributed by atoms with Crippen LogP contribution in [-0.4, -0.2) is 6.29 Å². The minimum absolute atomic E-state index is 0.0457. The monoisotopic (exact) mass is 223 g/mol. The molecule has 0 bridgehead atoms. The van der Waals surface area contributed by atoms with E-state index >= 15 is 0 Å². The zero-order valence-corrected chi connectivity index (χ0v) is 7.49. The molecule has 0 saturated carbocycles. The highest BCUT2D eigenvalue weighted by Gasteiger charge is 2.36. The molecule has 2 N–H and O–H groups in total. The Morgan fingerprint density at radius 1 is 1.36 bits per heavy atom. The Morgan fingerprint density at radius 2 is 1.93 bits per heavy atom. The van der Waals surface area contributed by atoms with E-state index in [4.69, 9.17) is 17.3 Å². The van der Waals surface area contributed by atoms with Crippen LogP contribution in [0, 0.1) is 0 Å². The average molecular weight is 224 g/mol. The SMILES string of the molecule is Nc1ccc(Cl)c(C(F)(F)F)c1C=O. The zero-order valence-electron chi connectivity index (χ0n) is 6.73. The van der Waals surface area contributed by atoms with Gasteiger partial charge < -0.3 is 5.73 Å². The molecule has 76 valence electrons. The molecule has 14 heavy (non-hydrogen) atoms. The molecule has 0 radical (unpaired) electrons. The molecule has 0 aromatic heterocycles. The fraction of sp³-hybridized carbons (Fsp3) is 0.125. The fourth-order valence-corrected chi connectivity index (χ4v) is 1.30. The third-order valence-corrected chi connectivity index (χ3v) is 1.94. The summed E-state index contributed by atoms with van der Waals surface area (Å²) in [5.74, 6) is 0. The summed E-state index contributed by atoms with van der Waals surface area (Å²) < 4.78 is 37.1. The van der Waals surface area contributed by atoms with Gasteiger partial charge in [-0.1, -0.05) is 11.6 Å². The molecule has 0 aliphatic carbocycles. The van der Waals surface area contributed by atoms with Crippen molar-refractivity contribution in [3.63, 3.8) is 0 Å². The number of alkyl halides is 3. The number of nitrogens with two attached hydrogens (primary N) is 1. The lowest BCUT2D eigenvalue weighted by molar-refractivity contribution is -0.137. The molecule has 0 unspecified atom stereocenters. The maximum Gasteiger partial charge on any atom is 0.418 e. The minimum atomic E-state index is -4.68. The van der Waals surface area contributed by atoms with Crippen LogP contribution in [0.5, 0.6) is 0 Å². The predicted octanol–water partition coefficient (Wildman–Crippen LogP) is 2.75. The van der Waals surface area contributed by atoms with E-state index in [1.54, 1.807) is 0 Å². The van der Waals surface area contributed by atoms with E-state index in [-0.39, 0.29) is 12.0 Å². The maximum absolute atomic E-state index is 12.4. The van der Waals surface area contributed by atoms with Crippen molar-refractivity contribution in [3.05, 3.63) is 28.3 Å². The van der Waals surface area contributed by atoms with E-state index in [0.29, 0.717) is 0 Å². The van der Waals surface area contributed by atoms with Crippen LogP contribution >= 0.6 is 11.6 Å². The second-order valence-electron chi connectivity index (χ2n) is 2.54. The number of aldehydes is 1. The Bertz CT molecular complexity index is 376. The quantitative estimate of drug-likeness (QED) is 0.588. The standard InChI is InChI=1S/C8H5ClF3NO/c9-5-1-2-6(13)4(3-14)7(5)8(10,11)12/h1-3H,13H2. The highest BCUT2D eigenvalue weighted by Crippen LogP contribution is 2.38. The molecule has 0 aliphatic rings. The van der Waals surface area contributed by atoms with Gasteiger partial charge in [-0.2, -0.15) is 13.2 Å². The lowest BCUT2D eigenvalue weighted by Crippen LogP contribution is -2.11. The summed E-state index contributed by atoms with van der Waals surface area (Å²) in [6, 6.07) is 2.16. The Morgan fingerprint density at radius 3 is 2.29 bits per heavy atom. The molecular weight excluding hydrogens is 219 g/mol. The van der Waals surface area contributed by atoms with E-state index in [0.717, 1.165) is 12.1 Å². The van der Waals surface area contributed by atoms with Crippen molar-refractivity contribution >= 4 is 23.6 Å². The number of hydrogen-bond donors (Lipinski definition) is 1. The van der Waals surface area contributed by atoms with Crippen LogP contribution in [0.2, 0.25) is 5.02 Å². The maximum atomic E-state index is 12.4. The van der Waals surface area contributed by atoms with Gasteiger partial charge in [0.1, 0.15) is 0 Å². The van der Waals surface area contributed by atoms with Gasteiger partial charge in [0.15, 0.2) is 6.29 Å². The average Bonchev–Trinajstić information content (AvgIpc) is 2.06. The number of anilines is 1. The van der Waals surface area contributed by atoms with Crippen LogP contribution < -0.4 is 5.73 Å². The van der Waals surface area contributed by atoms with Gasteiger partial charge in [0, 0.05) is 5.69 Å². The van der Waals surface area contributed by atoms with Crippen LogP contribution in [0.4, 0.5) is 18.9 Å². The number of carbonyl (C=O) groups excluding carboxylic acids is 1. The lowest BCUT2D eigenvalue weighted by atomic mass is 10.1. The van der Waals surface area contributed by atoms with E-state index in [9.17, 15) is 18.0 Å². The number of carbonyl (C=O) groups is 1. The Balaban J connectivity index is 3.53. The van der Waals surface area contributed by atoms with Crippen LogP contribution in [0.15, 0.2) is 12.1 Å². The molecule has 0 atom stereocenters. The molecule has 1 aromatic carbocycles. The number of halogens is 4. The third kappa shape index (κ3) is 1.82. The van der Waals surface area contributed by atoms with Gasteiger partial charge >= 0.3 is 6.18 Å². The van der Waals surface area contributed by atoms with Gasteiger partial charge in [-0.15, -0.1) is 0 Å². The molecule has 0 fully saturated rings. The first kappa shape index (κ1) is 10.8. The van der Waals surface area contributed by atoms with Crippen LogP contribution in [0.3, 0.4) is 0 Å². The molecule has 0 amide bonds. The molecular formula is C8H5ClF3NO. The van der Waals surface area contributed by atoms with Gasteiger partial charge in [-0.05, 0) is 12.1 Å². The summed E-state index contributed by atoms with van der Waals surface area (Å²) in [6.45, 7) is 0. The Hall–Kier alpha value is -1.23. The molecule has 0 saturated heterocycles. The van der Waals surface area contributed by atoms with Gasteiger partial charge in [-0.25, -0.2) is 0 Å². The Kier molecular flexibility index (Phi) is 2.71. The summed E-state index contributed by atoms with van der Waals surface area (Å²) in [5, 5.41) is -0.534. The third-order valence-electron chi connectivity index (χ3n) is 1.63. The summed E-state index contributed by atoms with van der Waals surface area (Å²) in [5.41, 5.74) is 3.16. The van der Waals surface area contributed by atoms with Crippen molar-refractivity contribution in [2.75, 3.05) is 5.73 Å². The zero-order chi connectivity index (χ0) is 10.9. The normalized spacial score (nSPS) is 11.4. The Labute approximate surface area is 82.5 Å². The van der Waals surface area contributed by atoms with Crippen LogP contribution in [0.25, 0.3) is 0 Å². The van der Waals surface area contributed by atoms with Crippen LogP contribution in [-0.2, 0) is 6.18 Å². The largest absolute Gasteiger partial charge is 0.418 e. The van der Waals surface area contributed by atoms with Crippen molar-refractivity contribution in [2.24, 2.45) is 0 Å². The van der Waals surface area contributed by atoms with Crippen molar-refractivity contribution < 1.29 is 18.0 Å². The van der Waals surface area contributed by atoms with E-state index in [1.165, 1.54) is 0 Å². The fourth-order valence-electron chi connectivity index (χ4n) is 1.02. The molecule has 1 aromatic rings. The smallest absolute Gasteiger partial charge is 0.398 e. The first-order valence-electron chi connectivity index (χ1n) is 3.48. The summed E-state index contributed by atoms with van der Waals surface area (Å²) in [6.07, 6.45) is -4.63. The summed E-state index contributed by atoms with van der Waals surface area (Å²) >= 11 is 5.33. The number of hydrogen-bond acceptors (Lipinski definition) is 2. The van der Waals surface area contributed by atoms with Gasteiger partial charge in [0.2, 0.25) is 0 Å². The van der Waals surface area contributed by atoms with Crippen molar-refractivity contribution in [1.29, 1.82) is 0 Å². The topological polar surface area (TPSA) is 43.1 Å². The second-order valence-corrected chi connectivity index (χ2v) is 2.95. The van der Waals surface area contributed by atoms with E-state index in [1.807, 2.05) is 0 Å². The van der Waals surface area contributed by atoms with Crippen molar-refractivity contribution in [3.8, 4) is 0 Å². The predicted molar refractivity (Wildman–Crippen MR) is 46.3 cm³/mol. The number of rotatable bonds is 1. The van der Waals surface area contributed by atoms with Crippen molar-refractivity contribution in [1.82, 2.24) is 0 Å². The molecule has 2 nitrogen and oxygen atoms in total. The molecule has 0 heterocycles. The van der Waals surface area contributed by atoms with Crippen molar-refractivity contribution in [2.45, 2.75) is 6.18 Å². The van der Waals surface area contributed by atoms with Gasteiger partial charge in [0.25, 0.3) is 0 Å². The summed E-state index contributed by atoms with van der Waals surface area (Å²) in [7, 11) is 0. The molecule has 6 heteroatoms. The van der Waals surface area contributed by atoms with Gasteiger partial charge in [-0.3, -0.25) is 4.79 Å². The molecule has 0 spiro atoms. The number of nitrogen functional groups attached to an aromatic ring is 1.